The van der Waals surface area contributed by atoms with E-state index in [0.717, 1.165) is 28.8 Å². The van der Waals surface area contributed by atoms with Crippen molar-refractivity contribution in [3.05, 3.63) is 40.5 Å². The summed E-state index contributed by atoms with van der Waals surface area (Å²) in [6.07, 6.45) is 5.95. The maximum atomic E-state index is 6.49. The Morgan fingerprint density at radius 3 is 2.75 bits per heavy atom. The molecular formula is C14H14ClN. The standard InChI is InChI=1S/C14H14ClN/c15-14-10-6-2-1-3-8-12(10)16-13-9-5-4-7-11(13)14/h4-5,7,9H,1-3,6,8H2. The van der Waals surface area contributed by atoms with Crippen molar-refractivity contribution in [3.8, 4) is 0 Å². The lowest BCUT2D eigenvalue weighted by molar-refractivity contribution is 0.709. The lowest BCUT2D eigenvalue weighted by Crippen LogP contribution is -1.97. The number of aromatic nitrogens is 1. The predicted molar refractivity (Wildman–Crippen MR) is 68.0 cm³/mol. The smallest absolute Gasteiger partial charge is 0.0720 e. The second kappa shape index (κ2) is 4.06. The molecule has 16 heavy (non-hydrogen) atoms. The van der Waals surface area contributed by atoms with E-state index in [1.165, 1.54) is 30.5 Å². The fraction of sp³-hybridized carbons (Fsp3) is 0.357. The Morgan fingerprint density at radius 1 is 1.00 bits per heavy atom. The molecule has 2 aromatic rings. The predicted octanol–water partition coefficient (Wildman–Crippen LogP) is 4.16. The van der Waals surface area contributed by atoms with Gasteiger partial charge >= 0.3 is 0 Å². The van der Waals surface area contributed by atoms with Gasteiger partial charge in [-0.2, -0.15) is 0 Å². The van der Waals surface area contributed by atoms with Crippen LogP contribution in [0.3, 0.4) is 0 Å². The Kier molecular flexibility index (Phi) is 2.56. The molecule has 0 fully saturated rings. The molecule has 0 saturated heterocycles. The summed E-state index contributed by atoms with van der Waals surface area (Å²) >= 11 is 6.49. The molecule has 2 heteroatoms. The van der Waals surface area contributed by atoms with Crippen LogP contribution in [0, 0.1) is 0 Å². The van der Waals surface area contributed by atoms with Gasteiger partial charge in [-0.15, -0.1) is 0 Å². The minimum atomic E-state index is 0.933. The van der Waals surface area contributed by atoms with Gasteiger partial charge in [0.15, 0.2) is 0 Å². The summed E-state index contributed by atoms with van der Waals surface area (Å²) in [6, 6.07) is 8.16. The average molecular weight is 232 g/mol. The molecule has 1 aliphatic rings. The lowest BCUT2D eigenvalue weighted by Gasteiger charge is -2.10. The number of aryl methyl sites for hydroxylation is 1. The zero-order valence-corrected chi connectivity index (χ0v) is 9.93. The maximum Gasteiger partial charge on any atom is 0.0720 e. The molecule has 0 aliphatic heterocycles. The SMILES string of the molecule is Clc1c2c(nc3ccccc13)CCCCC2. The largest absolute Gasteiger partial charge is 0.252 e. The molecule has 82 valence electrons. The molecule has 0 amide bonds. The van der Waals surface area contributed by atoms with E-state index in [0.29, 0.717) is 0 Å². The van der Waals surface area contributed by atoms with Crippen molar-refractivity contribution in [3.63, 3.8) is 0 Å². The molecule has 0 spiro atoms. The monoisotopic (exact) mass is 231 g/mol. The molecule has 0 N–H and O–H groups in total. The Balaban J connectivity index is 2.29. The lowest BCUT2D eigenvalue weighted by atomic mass is 10.1. The normalized spacial score (nSPS) is 15.8. The molecule has 0 radical (unpaired) electrons. The van der Waals surface area contributed by atoms with Crippen LogP contribution in [0.2, 0.25) is 5.02 Å². The quantitative estimate of drug-likeness (QED) is 0.621. The number of pyridine rings is 1. The summed E-state index contributed by atoms with van der Waals surface area (Å²) < 4.78 is 0. The number of fused-ring (bicyclic) bond motifs is 2. The first kappa shape index (κ1) is 10.1. The van der Waals surface area contributed by atoms with Crippen molar-refractivity contribution in [2.75, 3.05) is 0 Å². The van der Waals surface area contributed by atoms with Gasteiger partial charge in [-0.3, -0.25) is 4.98 Å². The Labute approximate surface area is 100 Å². The van der Waals surface area contributed by atoms with E-state index in [1.54, 1.807) is 0 Å². The average Bonchev–Trinajstić information content (AvgIpc) is 2.55. The summed E-state index contributed by atoms with van der Waals surface area (Å²) in [4.78, 5) is 4.75. The van der Waals surface area contributed by atoms with E-state index >= 15 is 0 Å². The van der Waals surface area contributed by atoms with E-state index in [4.69, 9.17) is 16.6 Å². The van der Waals surface area contributed by atoms with Crippen molar-refractivity contribution in [2.24, 2.45) is 0 Å². The van der Waals surface area contributed by atoms with Crippen LogP contribution in [0.4, 0.5) is 0 Å². The number of para-hydroxylation sites is 1. The van der Waals surface area contributed by atoms with Crippen LogP contribution in [-0.4, -0.2) is 4.98 Å². The molecule has 1 heterocycles. The first-order valence-corrected chi connectivity index (χ1v) is 6.30. The number of hydrogen-bond donors (Lipinski definition) is 0. The topological polar surface area (TPSA) is 12.9 Å². The van der Waals surface area contributed by atoms with Crippen LogP contribution in [-0.2, 0) is 12.8 Å². The van der Waals surface area contributed by atoms with Crippen molar-refractivity contribution in [1.29, 1.82) is 0 Å². The third-order valence-electron chi connectivity index (χ3n) is 3.35. The fourth-order valence-electron chi connectivity index (χ4n) is 2.49. The minimum Gasteiger partial charge on any atom is -0.252 e. The third kappa shape index (κ3) is 1.60. The van der Waals surface area contributed by atoms with E-state index in [1.807, 2.05) is 18.2 Å². The highest BCUT2D eigenvalue weighted by Crippen LogP contribution is 2.31. The van der Waals surface area contributed by atoms with Crippen LogP contribution in [0.5, 0.6) is 0 Å². The summed E-state index contributed by atoms with van der Waals surface area (Å²) in [5.41, 5.74) is 3.55. The van der Waals surface area contributed by atoms with Gasteiger partial charge in [0.2, 0.25) is 0 Å². The number of halogens is 1. The second-order valence-corrected chi connectivity index (χ2v) is 4.81. The molecule has 1 aliphatic carbocycles. The van der Waals surface area contributed by atoms with Crippen LogP contribution in [0.15, 0.2) is 24.3 Å². The van der Waals surface area contributed by atoms with Gasteiger partial charge < -0.3 is 0 Å². The zero-order chi connectivity index (χ0) is 11.0. The first-order chi connectivity index (χ1) is 7.86. The number of rotatable bonds is 0. The van der Waals surface area contributed by atoms with Gasteiger partial charge in [0.1, 0.15) is 0 Å². The third-order valence-corrected chi connectivity index (χ3v) is 3.78. The van der Waals surface area contributed by atoms with Gasteiger partial charge in [-0.25, -0.2) is 0 Å². The van der Waals surface area contributed by atoms with Gasteiger partial charge in [0.05, 0.1) is 10.5 Å². The van der Waals surface area contributed by atoms with Crippen molar-refractivity contribution >= 4 is 22.5 Å². The summed E-state index contributed by atoms with van der Waals surface area (Å²) in [6.45, 7) is 0. The number of benzene rings is 1. The van der Waals surface area contributed by atoms with E-state index in [-0.39, 0.29) is 0 Å². The molecular weight excluding hydrogens is 218 g/mol. The van der Waals surface area contributed by atoms with Gasteiger partial charge in [0.25, 0.3) is 0 Å². The van der Waals surface area contributed by atoms with E-state index in [2.05, 4.69) is 6.07 Å². The summed E-state index contributed by atoms with van der Waals surface area (Å²) in [5, 5.41) is 2.03. The highest BCUT2D eigenvalue weighted by atomic mass is 35.5. The van der Waals surface area contributed by atoms with Gasteiger partial charge in [-0.05, 0) is 37.3 Å². The summed E-state index contributed by atoms with van der Waals surface area (Å²) in [5.74, 6) is 0. The molecule has 0 atom stereocenters. The van der Waals surface area contributed by atoms with Gasteiger partial charge in [0, 0.05) is 11.1 Å². The Morgan fingerprint density at radius 2 is 1.81 bits per heavy atom. The summed E-state index contributed by atoms with van der Waals surface area (Å²) in [7, 11) is 0. The van der Waals surface area contributed by atoms with Gasteiger partial charge in [-0.1, -0.05) is 36.2 Å². The van der Waals surface area contributed by atoms with E-state index < -0.39 is 0 Å². The fourth-order valence-corrected chi connectivity index (χ4v) is 2.85. The molecule has 3 rings (SSSR count). The minimum absolute atomic E-state index is 0.933. The Hall–Kier alpha value is -1.08. The molecule has 0 bridgehead atoms. The molecule has 0 unspecified atom stereocenters. The highest BCUT2D eigenvalue weighted by Gasteiger charge is 2.15. The number of hydrogen-bond acceptors (Lipinski definition) is 1. The van der Waals surface area contributed by atoms with Crippen LogP contribution < -0.4 is 0 Å². The molecule has 1 nitrogen and oxygen atoms in total. The highest BCUT2D eigenvalue weighted by molar-refractivity contribution is 6.36. The van der Waals surface area contributed by atoms with Crippen LogP contribution >= 0.6 is 11.6 Å². The second-order valence-electron chi connectivity index (χ2n) is 4.43. The first-order valence-electron chi connectivity index (χ1n) is 5.92. The molecule has 1 aromatic carbocycles. The number of nitrogens with zero attached hydrogens (tertiary/aromatic N) is 1. The maximum absolute atomic E-state index is 6.49. The van der Waals surface area contributed by atoms with E-state index in [9.17, 15) is 0 Å². The Bertz CT molecular complexity index is 533. The molecule has 1 aromatic heterocycles. The van der Waals surface area contributed by atoms with Crippen molar-refractivity contribution in [1.82, 2.24) is 4.98 Å². The molecule has 0 saturated carbocycles. The van der Waals surface area contributed by atoms with Crippen molar-refractivity contribution < 1.29 is 0 Å². The van der Waals surface area contributed by atoms with Crippen molar-refractivity contribution in [2.45, 2.75) is 32.1 Å². The zero-order valence-electron chi connectivity index (χ0n) is 9.17. The van der Waals surface area contributed by atoms with Crippen LogP contribution in [0.25, 0.3) is 10.9 Å². The van der Waals surface area contributed by atoms with Crippen LogP contribution in [0.1, 0.15) is 30.5 Å².